The average molecular weight is 328 g/mol. The van der Waals surface area contributed by atoms with Crippen molar-refractivity contribution in [2.75, 3.05) is 0 Å². The molecule has 0 spiro atoms. The Morgan fingerprint density at radius 3 is 2.54 bits per heavy atom. The Hall–Kier alpha value is -1.11. The molecule has 3 nitrogen and oxygen atoms in total. The van der Waals surface area contributed by atoms with Crippen LogP contribution < -0.4 is 0 Å². The summed E-state index contributed by atoms with van der Waals surface area (Å²) in [6.45, 7) is 4.28. The lowest BCUT2D eigenvalue weighted by molar-refractivity contribution is -0.202. The van der Waals surface area contributed by atoms with Crippen LogP contribution in [-0.2, 0) is 4.79 Å². The zero-order valence-corrected chi connectivity index (χ0v) is 14.8. The van der Waals surface area contributed by atoms with E-state index in [0.29, 0.717) is 19.3 Å². The largest absolute Gasteiger partial charge is 0.389 e. The van der Waals surface area contributed by atoms with Gasteiger partial charge in [0.05, 0.1) is 5.60 Å². The molecule has 0 aromatic carbocycles. The molecule has 24 heavy (non-hydrogen) atoms. The summed E-state index contributed by atoms with van der Waals surface area (Å²) in [5.74, 6) is 3.30. The van der Waals surface area contributed by atoms with Gasteiger partial charge >= 0.3 is 0 Å². The number of ketones is 1. The third-order valence-electron chi connectivity index (χ3n) is 8.54. The lowest BCUT2D eigenvalue weighted by Gasteiger charge is -2.63. The van der Waals surface area contributed by atoms with Crippen LogP contribution in [0.5, 0.6) is 0 Å². The van der Waals surface area contributed by atoms with Crippen LogP contribution in [0.3, 0.4) is 0 Å². The summed E-state index contributed by atoms with van der Waals surface area (Å²) in [7, 11) is 0. The Morgan fingerprint density at radius 1 is 1.08 bits per heavy atom. The van der Waals surface area contributed by atoms with Crippen LogP contribution in [0, 0.1) is 35.0 Å². The summed E-state index contributed by atoms with van der Waals surface area (Å²) in [5, 5.41) is 22.8. The highest BCUT2D eigenvalue weighted by Crippen LogP contribution is 2.68. The van der Waals surface area contributed by atoms with Gasteiger partial charge in [0, 0.05) is 17.3 Å². The van der Waals surface area contributed by atoms with Crippen molar-refractivity contribution in [1.82, 2.24) is 0 Å². The van der Waals surface area contributed by atoms with E-state index in [9.17, 15) is 15.0 Å². The number of carbonyl (C=O) groups excluding carboxylic acids is 1. The standard InChI is InChI=1S/C21H28O3/c1-4-20(23)10-8-16-17-6-5-14-13-15(22)7-9-18(14,2)21(17,24)12-11-19(16,20)3/h1,13,16-17,23-24H,5-12H2,2-3H3/t16-,17-,18-,19-,20?,21-/m0/s1. The SMILES string of the molecule is C#CC1(O)CC[C@H]2[C@@H]3CCC4=CC(=O)CC[C@]4(C)[C@]3(O)CC[C@@]21C. The first-order chi connectivity index (χ1) is 11.2. The minimum atomic E-state index is -1.04. The van der Waals surface area contributed by atoms with Gasteiger partial charge in [-0.3, -0.25) is 4.79 Å². The first-order valence-corrected chi connectivity index (χ1v) is 9.37. The van der Waals surface area contributed by atoms with Crippen LogP contribution in [0.15, 0.2) is 11.6 Å². The fourth-order valence-corrected chi connectivity index (χ4v) is 6.76. The molecular formula is C21H28O3. The maximum Gasteiger partial charge on any atom is 0.155 e. The first kappa shape index (κ1) is 16.4. The van der Waals surface area contributed by atoms with Crippen molar-refractivity contribution in [3.05, 3.63) is 11.6 Å². The van der Waals surface area contributed by atoms with Crippen molar-refractivity contribution in [2.45, 2.75) is 76.4 Å². The zero-order chi connectivity index (χ0) is 17.4. The van der Waals surface area contributed by atoms with Gasteiger partial charge in [0.2, 0.25) is 0 Å². The molecular weight excluding hydrogens is 300 g/mol. The van der Waals surface area contributed by atoms with Crippen LogP contribution >= 0.6 is 0 Å². The Morgan fingerprint density at radius 2 is 1.83 bits per heavy atom. The molecule has 0 amide bonds. The summed E-state index contributed by atoms with van der Waals surface area (Å²) in [6, 6.07) is 0. The molecule has 1 unspecified atom stereocenters. The number of fused-ring (bicyclic) bond motifs is 5. The van der Waals surface area contributed by atoms with Crippen molar-refractivity contribution in [2.24, 2.45) is 22.7 Å². The van der Waals surface area contributed by atoms with Gasteiger partial charge in [-0.1, -0.05) is 25.3 Å². The number of hydrogen-bond acceptors (Lipinski definition) is 3. The molecule has 3 fully saturated rings. The molecule has 0 bridgehead atoms. The highest BCUT2D eigenvalue weighted by Gasteiger charge is 2.68. The van der Waals surface area contributed by atoms with E-state index in [1.54, 1.807) is 6.08 Å². The Balaban J connectivity index is 1.77. The van der Waals surface area contributed by atoms with E-state index in [4.69, 9.17) is 6.42 Å². The van der Waals surface area contributed by atoms with E-state index in [1.165, 1.54) is 0 Å². The lowest BCUT2D eigenvalue weighted by Crippen LogP contribution is -2.64. The van der Waals surface area contributed by atoms with Crippen LogP contribution in [0.25, 0.3) is 0 Å². The Labute approximate surface area is 144 Å². The second-order valence-electron chi connectivity index (χ2n) is 9.10. The number of aliphatic hydroxyl groups is 2. The maximum atomic E-state index is 11.9. The number of carbonyl (C=O) groups is 1. The normalized spacial score (nSPS) is 53.5. The van der Waals surface area contributed by atoms with Crippen molar-refractivity contribution >= 4 is 5.78 Å². The molecule has 3 saturated carbocycles. The summed E-state index contributed by atoms with van der Waals surface area (Å²) < 4.78 is 0. The molecule has 4 aliphatic carbocycles. The molecule has 6 atom stereocenters. The topological polar surface area (TPSA) is 57.5 Å². The second kappa shape index (κ2) is 4.74. The summed E-state index contributed by atoms with van der Waals surface area (Å²) in [5.41, 5.74) is -1.28. The summed E-state index contributed by atoms with van der Waals surface area (Å²) >= 11 is 0. The average Bonchev–Trinajstić information content (AvgIpc) is 2.82. The number of hydrogen-bond donors (Lipinski definition) is 2. The van der Waals surface area contributed by atoms with Gasteiger partial charge in [0.25, 0.3) is 0 Å². The van der Waals surface area contributed by atoms with Gasteiger partial charge in [-0.05, 0) is 62.9 Å². The van der Waals surface area contributed by atoms with Crippen molar-refractivity contribution < 1.29 is 15.0 Å². The highest BCUT2D eigenvalue weighted by molar-refractivity contribution is 5.91. The molecule has 0 aromatic heterocycles. The van der Waals surface area contributed by atoms with Gasteiger partial charge in [-0.15, -0.1) is 6.42 Å². The minimum Gasteiger partial charge on any atom is -0.389 e. The van der Waals surface area contributed by atoms with Crippen molar-refractivity contribution in [3.63, 3.8) is 0 Å². The molecule has 3 heteroatoms. The third kappa shape index (κ3) is 1.69. The molecule has 4 rings (SSSR count). The van der Waals surface area contributed by atoms with E-state index in [-0.39, 0.29) is 28.4 Å². The summed E-state index contributed by atoms with van der Waals surface area (Å²) in [6.07, 6.45) is 13.5. The number of rotatable bonds is 0. The number of terminal acetylenes is 1. The molecule has 0 heterocycles. The predicted octanol–water partition coefficient (Wildman–Crippen LogP) is 3.00. The Kier molecular flexibility index (Phi) is 3.23. The van der Waals surface area contributed by atoms with E-state index in [1.807, 2.05) is 0 Å². The fourth-order valence-electron chi connectivity index (χ4n) is 6.76. The monoisotopic (exact) mass is 328 g/mol. The first-order valence-electron chi connectivity index (χ1n) is 9.37. The van der Waals surface area contributed by atoms with E-state index in [2.05, 4.69) is 19.8 Å². The molecule has 0 radical (unpaired) electrons. The third-order valence-corrected chi connectivity index (χ3v) is 8.54. The molecule has 0 aromatic rings. The van der Waals surface area contributed by atoms with Crippen LogP contribution in [0.2, 0.25) is 0 Å². The van der Waals surface area contributed by atoms with Crippen LogP contribution in [0.4, 0.5) is 0 Å². The van der Waals surface area contributed by atoms with Gasteiger partial charge in [0.1, 0.15) is 5.60 Å². The van der Waals surface area contributed by atoms with Gasteiger partial charge in [0.15, 0.2) is 5.78 Å². The molecule has 2 N–H and O–H groups in total. The van der Waals surface area contributed by atoms with Gasteiger partial charge < -0.3 is 10.2 Å². The molecule has 4 aliphatic rings. The maximum absolute atomic E-state index is 11.9. The fraction of sp³-hybridized carbons (Fsp3) is 0.762. The van der Waals surface area contributed by atoms with Crippen LogP contribution in [0.1, 0.15) is 65.2 Å². The minimum absolute atomic E-state index is 0.161. The zero-order valence-electron chi connectivity index (χ0n) is 14.8. The predicted molar refractivity (Wildman–Crippen MR) is 92.0 cm³/mol. The van der Waals surface area contributed by atoms with Crippen molar-refractivity contribution in [1.29, 1.82) is 0 Å². The van der Waals surface area contributed by atoms with E-state index >= 15 is 0 Å². The second-order valence-corrected chi connectivity index (χ2v) is 9.10. The molecule has 0 saturated heterocycles. The molecule has 130 valence electrons. The van der Waals surface area contributed by atoms with Crippen molar-refractivity contribution in [3.8, 4) is 12.3 Å². The lowest BCUT2D eigenvalue weighted by atomic mass is 9.44. The highest BCUT2D eigenvalue weighted by atomic mass is 16.3. The van der Waals surface area contributed by atoms with E-state index < -0.39 is 11.2 Å². The van der Waals surface area contributed by atoms with E-state index in [0.717, 1.165) is 37.7 Å². The quantitative estimate of drug-likeness (QED) is 0.672. The van der Waals surface area contributed by atoms with Gasteiger partial charge in [-0.2, -0.15) is 0 Å². The van der Waals surface area contributed by atoms with Crippen LogP contribution in [-0.4, -0.2) is 27.2 Å². The smallest absolute Gasteiger partial charge is 0.155 e. The Bertz CT molecular complexity index is 673. The molecule has 0 aliphatic heterocycles. The summed E-state index contributed by atoms with van der Waals surface area (Å²) in [4.78, 5) is 11.9. The van der Waals surface area contributed by atoms with Gasteiger partial charge in [-0.25, -0.2) is 0 Å².